The Morgan fingerprint density at radius 1 is 1.13 bits per heavy atom. The van der Waals surface area contributed by atoms with Gasteiger partial charge in [0.25, 0.3) is 21.2 Å². The standard InChI is InChI=1S/C16H23N5O15P2/c1-4-7(22)9(24)11(26)15(33-4)35-38(30,31)36-37(28,29)32-2-5-8(23)10(25)14(34-5)21-3-18-6-12(21)19-16(17)20-13(6)27/h3-5,8-11,14-15,23-26H,2H2,1H3,(H,28,29)(H,30,31)(H3,17,19,20,27)/p-2/t4-,5-,8-,9+,10-,11+,14-,15-/m1/s1. The van der Waals surface area contributed by atoms with Crippen LogP contribution in [0.25, 0.3) is 11.2 Å². The highest BCUT2D eigenvalue weighted by Crippen LogP contribution is 2.57. The predicted molar refractivity (Wildman–Crippen MR) is 113 cm³/mol. The minimum Gasteiger partial charge on any atom is -0.756 e. The number of phosphoric acid groups is 2. The number of ether oxygens (including phenoxy) is 2. The Morgan fingerprint density at radius 2 is 1.82 bits per heavy atom. The number of aromatic nitrogens is 4. The van der Waals surface area contributed by atoms with Crippen LogP contribution >= 0.6 is 15.6 Å². The predicted octanol–water partition coefficient (Wildman–Crippen LogP) is -4.66. The molecule has 4 heterocycles. The molecule has 7 N–H and O–H groups in total. The summed E-state index contributed by atoms with van der Waals surface area (Å²) in [6.45, 7) is 0.0569. The quantitative estimate of drug-likeness (QED) is 0.159. The molecule has 212 valence electrons. The molecule has 2 aliphatic heterocycles. The fourth-order valence-corrected chi connectivity index (χ4v) is 5.76. The number of nitrogens with zero attached hydrogens (tertiary/aromatic N) is 3. The number of hydrogen-bond acceptors (Lipinski definition) is 18. The smallest absolute Gasteiger partial charge is 0.280 e. The number of imidazole rings is 1. The number of nitrogens with two attached hydrogens (primary N) is 1. The van der Waals surface area contributed by atoms with Crippen molar-refractivity contribution in [3.05, 3.63) is 16.7 Å². The maximum Gasteiger partial charge on any atom is 0.280 e. The second-order valence-corrected chi connectivity index (χ2v) is 11.1. The Labute approximate surface area is 210 Å². The molecule has 0 aromatic carbocycles. The summed E-state index contributed by atoms with van der Waals surface area (Å²) in [4.78, 5) is 57.6. The summed E-state index contributed by atoms with van der Waals surface area (Å²) in [6, 6.07) is 0. The summed E-state index contributed by atoms with van der Waals surface area (Å²) in [5, 5.41) is 40.1. The van der Waals surface area contributed by atoms with Gasteiger partial charge in [-0.25, -0.2) is 9.29 Å². The molecule has 2 aromatic heterocycles. The fraction of sp³-hybridized carbons (Fsp3) is 0.625. The monoisotopic (exact) mass is 585 g/mol. The van der Waals surface area contributed by atoms with Crippen LogP contribution in [0.5, 0.6) is 0 Å². The van der Waals surface area contributed by atoms with Gasteiger partial charge in [-0.3, -0.25) is 32.8 Å². The lowest BCUT2D eigenvalue weighted by atomic mass is 10.0. The number of H-pyrrole nitrogens is 1. The first-order valence-corrected chi connectivity index (χ1v) is 13.5. The van der Waals surface area contributed by atoms with Gasteiger partial charge in [0.2, 0.25) is 5.95 Å². The van der Waals surface area contributed by atoms with Gasteiger partial charge in [0.05, 0.1) is 12.9 Å². The van der Waals surface area contributed by atoms with E-state index in [4.69, 9.17) is 15.2 Å². The van der Waals surface area contributed by atoms with Crippen molar-refractivity contribution in [1.82, 2.24) is 19.5 Å². The van der Waals surface area contributed by atoms with Crippen molar-refractivity contribution in [2.45, 2.75) is 56.1 Å². The van der Waals surface area contributed by atoms with E-state index in [1.165, 1.54) is 0 Å². The van der Waals surface area contributed by atoms with E-state index in [1.54, 1.807) is 0 Å². The topological polar surface area (TPSA) is 314 Å². The molecular formula is C16H21N5O15P2-2. The molecule has 22 heteroatoms. The van der Waals surface area contributed by atoms with Crippen LogP contribution in [0.3, 0.4) is 0 Å². The highest BCUT2D eigenvalue weighted by molar-refractivity contribution is 7.59. The molecule has 38 heavy (non-hydrogen) atoms. The zero-order valence-electron chi connectivity index (χ0n) is 19.0. The molecular weight excluding hydrogens is 564 g/mol. The Balaban J connectivity index is 1.40. The minimum absolute atomic E-state index is 0.125. The van der Waals surface area contributed by atoms with E-state index in [0.717, 1.165) is 17.8 Å². The SMILES string of the molecule is C[C@H]1O[C@H](OP(=O)([O-])OP(=O)([O-])OC[C@H]2O[C@@H](n3cnc4c(=O)[nH]c(N)nc43)[C@H](O)[C@@H]2O)[C@@H](O)[C@@H](O)C1=O. The number of Topliss-reactive ketones (excluding diaryl/α,β-unsaturated/α-hetero) is 1. The minimum atomic E-state index is -5.85. The molecule has 0 saturated carbocycles. The number of aliphatic hydroxyl groups excluding tert-OH is 4. The second-order valence-electron chi connectivity index (χ2n) is 8.18. The fourth-order valence-electron chi connectivity index (χ4n) is 3.68. The summed E-state index contributed by atoms with van der Waals surface area (Å²) in [5.41, 5.74) is 4.51. The number of carbonyl (C=O) groups is 1. The summed E-state index contributed by atoms with van der Waals surface area (Å²) in [6.07, 6.45) is -13.3. The second kappa shape index (κ2) is 10.4. The first-order valence-electron chi connectivity index (χ1n) is 10.6. The lowest BCUT2D eigenvalue weighted by molar-refractivity contribution is -0.276. The van der Waals surface area contributed by atoms with Crippen LogP contribution in [0, 0.1) is 0 Å². The van der Waals surface area contributed by atoms with E-state index >= 15 is 0 Å². The first kappa shape index (κ1) is 28.8. The number of anilines is 1. The maximum atomic E-state index is 12.1. The van der Waals surface area contributed by atoms with E-state index in [9.17, 15) is 48.9 Å². The molecule has 2 fully saturated rings. The van der Waals surface area contributed by atoms with E-state index in [0.29, 0.717) is 0 Å². The van der Waals surface area contributed by atoms with Gasteiger partial charge < -0.3 is 49.9 Å². The molecule has 2 aromatic rings. The number of aromatic amines is 1. The van der Waals surface area contributed by atoms with E-state index in [1.807, 2.05) is 0 Å². The third-order valence-corrected chi connectivity index (χ3v) is 8.06. The van der Waals surface area contributed by atoms with Crippen LogP contribution in [0.15, 0.2) is 11.1 Å². The van der Waals surface area contributed by atoms with Crippen molar-refractivity contribution in [2.24, 2.45) is 0 Å². The molecule has 20 nitrogen and oxygen atoms in total. The van der Waals surface area contributed by atoms with Crippen LogP contribution < -0.4 is 21.1 Å². The zero-order valence-corrected chi connectivity index (χ0v) is 20.8. The van der Waals surface area contributed by atoms with Crippen molar-refractivity contribution in [3.8, 4) is 0 Å². The number of rotatable bonds is 8. The van der Waals surface area contributed by atoms with Gasteiger partial charge in [-0.1, -0.05) is 0 Å². The molecule has 0 radical (unpaired) electrons. The normalized spacial score (nSPS) is 35.3. The highest BCUT2D eigenvalue weighted by atomic mass is 31.3. The number of carbonyl (C=O) groups excluding carboxylic acids is 1. The Hall–Kier alpha value is -2.16. The van der Waals surface area contributed by atoms with Crippen molar-refractivity contribution in [1.29, 1.82) is 0 Å². The maximum absolute atomic E-state index is 12.1. The molecule has 0 spiro atoms. The number of fused-ring (bicyclic) bond motifs is 1. The van der Waals surface area contributed by atoms with Gasteiger partial charge >= 0.3 is 0 Å². The Bertz CT molecular complexity index is 1370. The molecule has 10 atom stereocenters. The number of nitrogen functional groups attached to an aromatic ring is 1. The third kappa shape index (κ3) is 5.73. The molecule has 4 rings (SSSR count). The molecule has 0 aliphatic carbocycles. The van der Waals surface area contributed by atoms with Crippen molar-refractivity contribution < 1.29 is 67.0 Å². The lowest BCUT2D eigenvalue weighted by Crippen LogP contribution is -2.54. The summed E-state index contributed by atoms with van der Waals surface area (Å²) < 4.78 is 48.1. The van der Waals surface area contributed by atoms with Crippen molar-refractivity contribution >= 4 is 38.5 Å². The average Bonchev–Trinajstić information content (AvgIpc) is 3.35. The summed E-state index contributed by atoms with van der Waals surface area (Å²) in [7, 11) is -11.6. The van der Waals surface area contributed by atoms with Gasteiger partial charge in [-0.2, -0.15) is 4.98 Å². The van der Waals surface area contributed by atoms with E-state index in [2.05, 4.69) is 28.3 Å². The van der Waals surface area contributed by atoms with Crippen LogP contribution in [-0.2, 0) is 36.8 Å². The molecule has 0 bridgehead atoms. The highest BCUT2D eigenvalue weighted by Gasteiger charge is 2.46. The number of phosphoric ester groups is 2. The molecule has 2 unspecified atom stereocenters. The number of ketones is 1. The van der Waals surface area contributed by atoms with Gasteiger partial charge in [-0.15, -0.1) is 0 Å². The number of aliphatic hydroxyl groups is 4. The van der Waals surface area contributed by atoms with Crippen LogP contribution in [0.2, 0.25) is 0 Å². The third-order valence-electron chi connectivity index (χ3n) is 5.52. The first-order chi connectivity index (χ1) is 17.6. The van der Waals surface area contributed by atoms with Gasteiger partial charge in [0, 0.05) is 0 Å². The molecule has 2 saturated heterocycles. The van der Waals surface area contributed by atoms with E-state index in [-0.39, 0.29) is 17.1 Å². The summed E-state index contributed by atoms with van der Waals surface area (Å²) in [5.74, 6) is -1.25. The number of nitrogens with one attached hydrogen (secondary N) is 1. The van der Waals surface area contributed by atoms with Crippen LogP contribution in [-0.4, -0.2) is 95.2 Å². The van der Waals surface area contributed by atoms with Crippen LogP contribution in [0.1, 0.15) is 13.2 Å². The molecule has 0 amide bonds. The Kier molecular flexibility index (Phi) is 7.92. The van der Waals surface area contributed by atoms with Gasteiger partial charge in [0.1, 0.15) is 36.6 Å². The summed E-state index contributed by atoms with van der Waals surface area (Å²) >= 11 is 0. The molecule has 2 aliphatic rings. The lowest BCUT2D eigenvalue weighted by Gasteiger charge is -2.38. The van der Waals surface area contributed by atoms with Crippen LogP contribution in [0.4, 0.5) is 5.95 Å². The zero-order chi connectivity index (χ0) is 28.2. The number of hydrogen-bond donors (Lipinski definition) is 6. The average molecular weight is 585 g/mol. The Morgan fingerprint density at radius 3 is 2.50 bits per heavy atom. The van der Waals surface area contributed by atoms with Crippen molar-refractivity contribution in [3.63, 3.8) is 0 Å². The van der Waals surface area contributed by atoms with Gasteiger partial charge in [0.15, 0.2) is 29.5 Å². The van der Waals surface area contributed by atoms with Crippen molar-refractivity contribution in [2.75, 3.05) is 12.3 Å². The van der Waals surface area contributed by atoms with Gasteiger partial charge in [-0.05, 0) is 6.92 Å². The largest absolute Gasteiger partial charge is 0.756 e. The van der Waals surface area contributed by atoms with E-state index < -0.39 is 82.7 Å².